The van der Waals surface area contributed by atoms with Crippen molar-refractivity contribution in [3.8, 4) is 0 Å². The normalized spacial score (nSPS) is 16.7. The van der Waals surface area contributed by atoms with Crippen molar-refractivity contribution in [3.05, 3.63) is 58.5 Å². The third kappa shape index (κ3) is 25.7. The average Bonchev–Trinajstić information content (AvgIpc) is 4.30. The highest BCUT2D eigenvalue weighted by atomic mass is 33.7. The molecule has 8 nitrogen and oxygen atoms in total. The summed E-state index contributed by atoms with van der Waals surface area (Å²) >= 11 is 3.62. The molecule has 0 N–H and O–H groups in total. The summed E-state index contributed by atoms with van der Waals surface area (Å²) < 4.78 is 48.0. The van der Waals surface area contributed by atoms with Gasteiger partial charge in [-0.1, -0.05) is 245 Å². The monoisotopic (exact) mass is 1280 g/mol. The van der Waals surface area contributed by atoms with Gasteiger partial charge < -0.3 is 26.6 Å². The van der Waals surface area contributed by atoms with Crippen LogP contribution in [0.1, 0.15) is 258 Å². The van der Waals surface area contributed by atoms with E-state index in [1.54, 1.807) is 0 Å². The molecule has 0 radical (unpaired) electrons. The molecule has 0 spiro atoms. The number of rotatable bonds is 53. The van der Waals surface area contributed by atoms with Gasteiger partial charge in [-0.2, -0.15) is 0 Å². The van der Waals surface area contributed by atoms with Gasteiger partial charge in [-0.05, 0) is 118 Å². The molecule has 2 aromatic heterocycles. The van der Waals surface area contributed by atoms with Crippen LogP contribution >= 0.6 is 63.9 Å². The SMILES string of the molecule is CCCCC(CC)CO[Si](OCC(CC)CCCC)(OCC(CC)CCCC)C(CSSSSCC(c1nc2ccccc2s1)[Si](OCC(CC)CCCC)(OCC(CC)CCCC)OCC(CC)CCCC)c1nc2ccccc2s1. The van der Waals surface area contributed by atoms with E-state index >= 15 is 0 Å². The Morgan fingerprint density at radius 3 is 0.829 bits per heavy atom. The van der Waals surface area contributed by atoms with E-state index in [-0.39, 0.29) is 11.1 Å². The van der Waals surface area contributed by atoms with Crippen molar-refractivity contribution < 1.29 is 26.6 Å². The zero-order chi connectivity index (χ0) is 59.3. The van der Waals surface area contributed by atoms with Gasteiger partial charge in [-0.3, -0.25) is 0 Å². The minimum absolute atomic E-state index is 0.132. The van der Waals surface area contributed by atoms with Gasteiger partial charge in [-0.15, -0.1) is 22.7 Å². The third-order valence-electron chi connectivity index (χ3n) is 17.0. The molecule has 0 fully saturated rings. The number of hydrogen-bond donors (Lipinski definition) is 0. The molecule has 0 saturated heterocycles. The van der Waals surface area contributed by atoms with Gasteiger partial charge in [-0.25, -0.2) is 9.97 Å². The van der Waals surface area contributed by atoms with Crippen molar-refractivity contribution in [1.29, 1.82) is 0 Å². The maximum atomic E-state index is 7.60. The lowest BCUT2D eigenvalue weighted by Gasteiger charge is -2.38. The molecule has 4 rings (SSSR count). The van der Waals surface area contributed by atoms with Gasteiger partial charge in [0.25, 0.3) is 0 Å². The van der Waals surface area contributed by atoms with Crippen molar-refractivity contribution in [3.63, 3.8) is 0 Å². The fraction of sp³-hybridized carbons (Fsp3) is 0.788. The van der Waals surface area contributed by atoms with Crippen molar-refractivity contribution >= 4 is 102 Å². The van der Waals surface area contributed by atoms with E-state index in [1.807, 2.05) is 63.9 Å². The van der Waals surface area contributed by atoms with E-state index in [0.717, 1.165) is 110 Å². The molecule has 2 heterocycles. The molecule has 16 heteroatoms. The van der Waals surface area contributed by atoms with Crippen LogP contribution in [0.4, 0.5) is 0 Å². The third-order valence-corrected chi connectivity index (χ3v) is 32.9. The number of nitrogens with zero attached hydrogens (tertiary/aromatic N) is 2. The Kier molecular flexibility index (Phi) is 40.1. The van der Waals surface area contributed by atoms with E-state index in [4.69, 9.17) is 36.5 Å². The molecule has 4 aromatic rings. The molecule has 0 saturated carbocycles. The number of benzene rings is 2. The molecule has 82 heavy (non-hydrogen) atoms. The van der Waals surface area contributed by atoms with Crippen LogP contribution < -0.4 is 0 Å². The molecule has 0 bridgehead atoms. The van der Waals surface area contributed by atoms with Crippen molar-refractivity contribution in [2.45, 2.75) is 248 Å². The number of unbranched alkanes of at least 4 members (excludes halogenated alkanes) is 6. The second-order valence-electron chi connectivity index (χ2n) is 23.4. The van der Waals surface area contributed by atoms with Crippen LogP contribution in [0.2, 0.25) is 0 Å². The lowest BCUT2D eigenvalue weighted by molar-refractivity contribution is 0.0180. The highest BCUT2D eigenvalue weighted by Crippen LogP contribution is 2.50. The summed E-state index contributed by atoms with van der Waals surface area (Å²) in [7, 11) is 0.564. The van der Waals surface area contributed by atoms with Crippen LogP contribution in [0.25, 0.3) is 20.4 Å². The Labute approximate surface area is 527 Å². The fourth-order valence-electron chi connectivity index (χ4n) is 10.6. The number of aromatic nitrogens is 2. The summed E-state index contributed by atoms with van der Waals surface area (Å²) in [5.41, 5.74) is 1.82. The van der Waals surface area contributed by atoms with Gasteiger partial charge in [0.05, 0.1) is 31.5 Å². The molecule has 0 aliphatic heterocycles. The first-order valence-corrected chi connectivity index (χ1v) is 43.6. The summed E-state index contributed by atoms with van der Waals surface area (Å²) in [6, 6.07) is 17.3. The number of thiazole rings is 2. The lowest BCUT2D eigenvalue weighted by Crippen LogP contribution is -2.55. The molecule has 0 amide bonds. The Bertz CT molecular complexity index is 1870. The summed E-state index contributed by atoms with van der Waals surface area (Å²) in [5, 5.41) is 2.17. The molecule has 0 aliphatic carbocycles. The molecule has 8 atom stereocenters. The predicted octanol–water partition coefficient (Wildman–Crippen LogP) is 22.8. The van der Waals surface area contributed by atoms with Crippen LogP contribution in [0.5, 0.6) is 0 Å². The van der Waals surface area contributed by atoms with Crippen LogP contribution in [-0.4, -0.2) is 78.7 Å². The minimum Gasteiger partial charge on any atom is -0.373 e. The standard InChI is InChI=1S/C66H116N2O6S6Si2/c1-13-25-35-53(19-7)45-69-81(70-46-54(20-8)36-26-14-2,71-47-55(21-9)37-27-15-3)63(65-67-59-41-31-33-43-61(59)77-65)51-75-79-80-76-52-64(66-68-60-42-32-34-44-62(60)78-66)82(72-48-56(22-10)38-28-16-4,73-49-57(23-11)39-29-17-5)74-50-58(24-12)40-30-18-6/h31-34,41-44,53-58,63-64H,13-30,35-40,45-52H2,1-12H3. The molecular weight excluding hydrogens is 1170 g/mol. The van der Waals surface area contributed by atoms with E-state index in [0.29, 0.717) is 75.1 Å². The first kappa shape index (κ1) is 74.3. The topological polar surface area (TPSA) is 81.2 Å². The van der Waals surface area contributed by atoms with Crippen molar-refractivity contribution in [2.75, 3.05) is 51.1 Å². The Morgan fingerprint density at radius 2 is 0.610 bits per heavy atom. The van der Waals surface area contributed by atoms with Crippen molar-refractivity contribution in [2.24, 2.45) is 35.5 Å². The minimum atomic E-state index is -3.50. The quantitative estimate of drug-likeness (QED) is 0.0240. The smallest absolute Gasteiger partial charge is 0.373 e. The number of para-hydroxylation sites is 2. The first-order valence-electron chi connectivity index (χ1n) is 33.2. The summed E-state index contributed by atoms with van der Waals surface area (Å²) in [6.45, 7) is 31.7. The number of fused-ring (bicyclic) bond motifs is 2. The highest BCUT2D eigenvalue weighted by molar-refractivity contribution is 9.26. The van der Waals surface area contributed by atoms with Crippen molar-refractivity contribution in [1.82, 2.24) is 9.97 Å². The second-order valence-corrected chi connectivity index (χ2v) is 37.2. The summed E-state index contributed by atoms with van der Waals surface area (Å²) in [5.74, 6) is 4.21. The van der Waals surface area contributed by atoms with Gasteiger partial charge in [0, 0.05) is 51.1 Å². The van der Waals surface area contributed by atoms with E-state index in [2.05, 4.69) is 132 Å². The molecular formula is C66H116N2O6S6Si2. The fourth-order valence-corrected chi connectivity index (χ4v) is 28.1. The maximum Gasteiger partial charge on any atom is 0.512 e. The molecule has 2 aromatic carbocycles. The van der Waals surface area contributed by atoms with E-state index < -0.39 is 17.6 Å². The van der Waals surface area contributed by atoms with E-state index in [9.17, 15) is 0 Å². The lowest BCUT2D eigenvalue weighted by atomic mass is 10.0. The predicted molar refractivity (Wildman–Crippen MR) is 372 cm³/mol. The summed E-state index contributed by atoms with van der Waals surface area (Å²) in [4.78, 5) is 11.0. The Balaban J connectivity index is 1.81. The maximum absolute atomic E-state index is 7.60. The Morgan fingerprint density at radius 1 is 0.366 bits per heavy atom. The first-order chi connectivity index (χ1) is 40.1. The molecule has 470 valence electrons. The Hall–Kier alpha value is -0.186. The van der Waals surface area contributed by atoms with Crippen LogP contribution in [0, 0.1) is 35.5 Å². The van der Waals surface area contributed by atoms with Crippen LogP contribution in [0.3, 0.4) is 0 Å². The number of hydrogen-bond acceptors (Lipinski definition) is 14. The average molecular weight is 1280 g/mol. The van der Waals surface area contributed by atoms with Gasteiger partial charge >= 0.3 is 17.6 Å². The molecule has 0 aliphatic rings. The molecule has 8 unspecified atom stereocenters. The van der Waals surface area contributed by atoms with Gasteiger partial charge in [0.1, 0.15) is 10.0 Å². The van der Waals surface area contributed by atoms with Crippen LogP contribution in [-0.2, 0) is 26.6 Å². The highest BCUT2D eigenvalue weighted by Gasteiger charge is 2.55. The summed E-state index contributed by atoms with van der Waals surface area (Å²) in [6.07, 6.45) is 27.7. The largest absolute Gasteiger partial charge is 0.512 e. The van der Waals surface area contributed by atoms with Gasteiger partial charge in [0.15, 0.2) is 0 Å². The zero-order valence-electron chi connectivity index (χ0n) is 53.7. The van der Waals surface area contributed by atoms with Crippen LogP contribution in [0.15, 0.2) is 48.5 Å². The van der Waals surface area contributed by atoms with Gasteiger partial charge in [0.2, 0.25) is 0 Å². The second kappa shape index (κ2) is 44.3. The zero-order valence-corrected chi connectivity index (χ0v) is 60.6. The van der Waals surface area contributed by atoms with E-state index in [1.165, 1.54) is 86.4 Å².